The number of amides is 2. The standard InChI is InChI=1S/C22H33Cl2N3O2/c1-4-5-6-11-25-22(29)17-9-12-27(13-10-17)16(3)21(28)26-15(2)19-8-7-18(23)14-20(19)24/h7-8,14-17H,4-6,9-13H2,1-3H3,(H,25,29)(H,26,28). The number of benzene rings is 1. The first-order valence-corrected chi connectivity index (χ1v) is 11.4. The highest BCUT2D eigenvalue weighted by Gasteiger charge is 2.30. The van der Waals surface area contributed by atoms with Gasteiger partial charge in [-0.2, -0.15) is 0 Å². The van der Waals surface area contributed by atoms with E-state index in [0.29, 0.717) is 10.0 Å². The van der Waals surface area contributed by atoms with Crippen molar-refractivity contribution in [2.24, 2.45) is 5.92 Å². The van der Waals surface area contributed by atoms with E-state index < -0.39 is 0 Å². The molecule has 1 fully saturated rings. The molecule has 0 radical (unpaired) electrons. The topological polar surface area (TPSA) is 61.4 Å². The van der Waals surface area contributed by atoms with Crippen LogP contribution >= 0.6 is 23.2 Å². The van der Waals surface area contributed by atoms with Gasteiger partial charge in [0.25, 0.3) is 0 Å². The summed E-state index contributed by atoms with van der Waals surface area (Å²) in [5.41, 5.74) is 0.843. The molecule has 1 aliphatic heterocycles. The Balaban J connectivity index is 1.80. The Labute approximate surface area is 184 Å². The highest BCUT2D eigenvalue weighted by atomic mass is 35.5. The van der Waals surface area contributed by atoms with Crippen LogP contribution in [0.1, 0.15) is 64.5 Å². The van der Waals surface area contributed by atoms with Crippen LogP contribution in [0.2, 0.25) is 10.0 Å². The summed E-state index contributed by atoms with van der Waals surface area (Å²) >= 11 is 12.2. The minimum atomic E-state index is -0.253. The van der Waals surface area contributed by atoms with Crippen molar-refractivity contribution in [2.75, 3.05) is 19.6 Å². The first-order valence-electron chi connectivity index (χ1n) is 10.6. The van der Waals surface area contributed by atoms with Crippen LogP contribution in [-0.4, -0.2) is 42.4 Å². The number of nitrogens with zero attached hydrogens (tertiary/aromatic N) is 1. The van der Waals surface area contributed by atoms with Gasteiger partial charge in [0.05, 0.1) is 12.1 Å². The molecule has 1 aromatic rings. The molecule has 2 atom stereocenters. The van der Waals surface area contributed by atoms with Gasteiger partial charge in [0.15, 0.2) is 0 Å². The SMILES string of the molecule is CCCCCNC(=O)C1CCN(C(C)C(=O)NC(C)c2ccc(Cl)cc2Cl)CC1. The molecule has 0 spiro atoms. The molecule has 1 aromatic carbocycles. The summed E-state index contributed by atoms with van der Waals surface area (Å²) in [4.78, 5) is 27.2. The largest absolute Gasteiger partial charge is 0.356 e. The third kappa shape index (κ3) is 7.16. The van der Waals surface area contributed by atoms with Crippen LogP contribution in [0.4, 0.5) is 0 Å². The minimum absolute atomic E-state index is 0.0361. The summed E-state index contributed by atoms with van der Waals surface area (Å²) in [7, 11) is 0. The lowest BCUT2D eigenvalue weighted by Crippen LogP contribution is -2.50. The number of unbranched alkanes of at least 4 members (excludes halogenated alkanes) is 2. The molecule has 7 heteroatoms. The molecule has 0 aromatic heterocycles. The number of nitrogens with one attached hydrogen (secondary N) is 2. The monoisotopic (exact) mass is 441 g/mol. The van der Waals surface area contributed by atoms with E-state index in [9.17, 15) is 9.59 Å². The van der Waals surface area contributed by atoms with Crippen molar-refractivity contribution in [3.63, 3.8) is 0 Å². The Morgan fingerprint density at radius 3 is 2.48 bits per heavy atom. The van der Waals surface area contributed by atoms with E-state index in [4.69, 9.17) is 23.2 Å². The van der Waals surface area contributed by atoms with E-state index in [1.165, 1.54) is 0 Å². The van der Waals surface area contributed by atoms with Gasteiger partial charge in [-0.1, -0.05) is 49.0 Å². The lowest BCUT2D eigenvalue weighted by atomic mass is 9.94. The maximum absolute atomic E-state index is 12.7. The van der Waals surface area contributed by atoms with E-state index in [0.717, 1.165) is 57.3 Å². The summed E-state index contributed by atoms with van der Waals surface area (Å²) in [6.45, 7) is 8.23. The molecule has 1 aliphatic rings. The Bertz CT molecular complexity index is 691. The van der Waals surface area contributed by atoms with Crippen LogP contribution in [0.15, 0.2) is 18.2 Å². The van der Waals surface area contributed by atoms with Crippen molar-refractivity contribution in [3.8, 4) is 0 Å². The van der Waals surface area contributed by atoms with Gasteiger partial charge in [0.1, 0.15) is 0 Å². The third-order valence-corrected chi connectivity index (χ3v) is 6.26. The number of halogens is 2. The number of piperidine rings is 1. The molecule has 1 heterocycles. The van der Waals surface area contributed by atoms with Gasteiger partial charge in [-0.15, -0.1) is 0 Å². The van der Waals surface area contributed by atoms with Crippen molar-refractivity contribution in [1.29, 1.82) is 0 Å². The van der Waals surface area contributed by atoms with E-state index in [1.807, 2.05) is 19.9 Å². The minimum Gasteiger partial charge on any atom is -0.356 e. The van der Waals surface area contributed by atoms with E-state index in [1.54, 1.807) is 12.1 Å². The quantitative estimate of drug-likeness (QED) is 0.551. The van der Waals surface area contributed by atoms with Gasteiger partial charge in [-0.05, 0) is 63.9 Å². The smallest absolute Gasteiger partial charge is 0.237 e. The molecule has 0 bridgehead atoms. The van der Waals surface area contributed by atoms with Crippen molar-refractivity contribution in [2.45, 2.75) is 65.0 Å². The van der Waals surface area contributed by atoms with E-state index in [-0.39, 0.29) is 29.8 Å². The van der Waals surface area contributed by atoms with E-state index in [2.05, 4.69) is 22.5 Å². The van der Waals surface area contributed by atoms with Crippen molar-refractivity contribution < 1.29 is 9.59 Å². The van der Waals surface area contributed by atoms with Crippen LogP contribution in [0.25, 0.3) is 0 Å². The summed E-state index contributed by atoms with van der Waals surface area (Å²) in [6.07, 6.45) is 4.90. The first-order chi connectivity index (χ1) is 13.8. The fourth-order valence-electron chi connectivity index (χ4n) is 3.71. The third-order valence-electron chi connectivity index (χ3n) is 5.69. The lowest BCUT2D eigenvalue weighted by Gasteiger charge is -2.35. The van der Waals surface area contributed by atoms with Crippen molar-refractivity contribution in [1.82, 2.24) is 15.5 Å². The highest BCUT2D eigenvalue weighted by Crippen LogP contribution is 2.26. The zero-order valence-electron chi connectivity index (χ0n) is 17.6. The lowest BCUT2D eigenvalue weighted by molar-refractivity contribution is -0.129. The van der Waals surface area contributed by atoms with Crippen LogP contribution in [-0.2, 0) is 9.59 Å². The number of likely N-dealkylation sites (tertiary alicyclic amines) is 1. The molecular formula is C22H33Cl2N3O2. The Morgan fingerprint density at radius 1 is 1.17 bits per heavy atom. The number of hydrogen-bond acceptors (Lipinski definition) is 3. The molecule has 2 N–H and O–H groups in total. The number of rotatable bonds is 9. The zero-order chi connectivity index (χ0) is 21.4. The zero-order valence-corrected chi connectivity index (χ0v) is 19.2. The Kier molecular flexibility index (Phi) is 9.73. The number of carbonyl (C=O) groups excluding carboxylic acids is 2. The average molecular weight is 442 g/mol. The predicted octanol–water partition coefficient (Wildman–Crippen LogP) is 4.58. The molecule has 2 rings (SSSR count). The molecule has 0 aliphatic carbocycles. The van der Waals surface area contributed by atoms with Gasteiger partial charge < -0.3 is 10.6 Å². The van der Waals surface area contributed by atoms with Crippen LogP contribution in [0.5, 0.6) is 0 Å². The second-order valence-corrected chi connectivity index (χ2v) is 8.72. The molecule has 0 saturated carbocycles. The molecule has 29 heavy (non-hydrogen) atoms. The van der Waals surface area contributed by atoms with Crippen LogP contribution < -0.4 is 10.6 Å². The number of carbonyl (C=O) groups is 2. The van der Waals surface area contributed by atoms with Gasteiger partial charge in [-0.3, -0.25) is 14.5 Å². The maximum atomic E-state index is 12.7. The highest BCUT2D eigenvalue weighted by molar-refractivity contribution is 6.35. The normalized spacial score (nSPS) is 17.6. The molecular weight excluding hydrogens is 409 g/mol. The summed E-state index contributed by atoms with van der Waals surface area (Å²) in [5, 5.41) is 7.21. The van der Waals surface area contributed by atoms with E-state index >= 15 is 0 Å². The summed E-state index contributed by atoms with van der Waals surface area (Å²) in [5.74, 6) is 0.171. The Morgan fingerprint density at radius 2 is 1.86 bits per heavy atom. The molecule has 5 nitrogen and oxygen atoms in total. The summed E-state index contributed by atoms with van der Waals surface area (Å²) < 4.78 is 0. The van der Waals surface area contributed by atoms with Gasteiger partial charge in [0.2, 0.25) is 11.8 Å². The predicted molar refractivity (Wildman–Crippen MR) is 119 cm³/mol. The number of hydrogen-bond donors (Lipinski definition) is 2. The molecule has 2 unspecified atom stereocenters. The summed E-state index contributed by atoms with van der Waals surface area (Å²) in [6, 6.07) is 4.83. The maximum Gasteiger partial charge on any atom is 0.237 e. The van der Waals surface area contributed by atoms with Gasteiger partial charge in [0, 0.05) is 22.5 Å². The van der Waals surface area contributed by atoms with Gasteiger partial charge >= 0.3 is 0 Å². The van der Waals surface area contributed by atoms with Crippen molar-refractivity contribution in [3.05, 3.63) is 33.8 Å². The fourth-order valence-corrected chi connectivity index (χ4v) is 4.28. The average Bonchev–Trinajstić information content (AvgIpc) is 2.70. The molecule has 2 amide bonds. The second kappa shape index (κ2) is 11.8. The molecule has 162 valence electrons. The Hall–Kier alpha value is -1.30. The fraction of sp³-hybridized carbons (Fsp3) is 0.636. The van der Waals surface area contributed by atoms with Crippen LogP contribution in [0.3, 0.4) is 0 Å². The van der Waals surface area contributed by atoms with Crippen molar-refractivity contribution >= 4 is 35.0 Å². The molecule has 1 saturated heterocycles. The van der Waals surface area contributed by atoms with Crippen LogP contribution in [0, 0.1) is 5.92 Å². The first kappa shape index (κ1) is 24.0. The van der Waals surface area contributed by atoms with Gasteiger partial charge in [-0.25, -0.2) is 0 Å². The second-order valence-electron chi connectivity index (χ2n) is 7.88.